The van der Waals surface area contributed by atoms with E-state index >= 15 is 0 Å². The molecule has 0 saturated heterocycles. The highest BCUT2D eigenvalue weighted by Crippen LogP contribution is 2.14. The summed E-state index contributed by atoms with van der Waals surface area (Å²) in [4.78, 5) is 23.6. The highest BCUT2D eigenvalue weighted by molar-refractivity contribution is 14.1. The molecule has 5 nitrogen and oxygen atoms in total. The molecule has 0 fully saturated rings. The van der Waals surface area contributed by atoms with Gasteiger partial charge in [0.25, 0.3) is 5.91 Å². The van der Waals surface area contributed by atoms with Gasteiger partial charge in [0.1, 0.15) is 0 Å². The fraction of sp³-hybridized carbons (Fsp3) is 0.167. The van der Waals surface area contributed by atoms with Crippen LogP contribution in [-0.4, -0.2) is 24.0 Å². The molecule has 0 saturated carbocycles. The zero-order chi connectivity index (χ0) is 18.4. The molecule has 0 unspecified atom stereocenters. The van der Waals surface area contributed by atoms with E-state index in [1.54, 1.807) is 13.1 Å². The molecule has 130 valence electrons. The summed E-state index contributed by atoms with van der Waals surface area (Å²) in [6, 6.07) is 12.8. The lowest BCUT2D eigenvalue weighted by atomic mass is 10.1. The maximum absolute atomic E-state index is 12.2. The molecule has 7 heteroatoms. The van der Waals surface area contributed by atoms with Crippen LogP contribution >= 0.6 is 34.8 Å². The van der Waals surface area contributed by atoms with E-state index in [0.717, 1.165) is 20.4 Å². The molecule has 0 aromatic heterocycles. The fourth-order valence-electron chi connectivity index (χ4n) is 2.05. The number of benzene rings is 2. The van der Waals surface area contributed by atoms with E-state index in [1.165, 1.54) is 0 Å². The van der Waals surface area contributed by atoms with E-state index < -0.39 is 0 Å². The molecule has 0 heterocycles. The van der Waals surface area contributed by atoms with Crippen LogP contribution in [-0.2, 0) is 11.2 Å². The number of thiocarbonyl (C=S) groups is 1. The van der Waals surface area contributed by atoms with Gasteiger partial charge in [-0.25, -0.2) is 0 Å². The number of halogens is 1. The van der Waals surface area contributed by atoms with E-state index in [2.05, 4.69) is 38.5 Å². The second kappa shape index (κ2) is 8.91. The molecule has 3 N–H and O–H groups in total. The number of likely N-dealkylation sites (N-methyl/N-ethyl adjacent to an activating group) is 1. The first kappa shape index (κ1) is 19.3. The lowest BCUT2D eigenvalue weighted by Crippen LogP contribution is -2.34. The van der Waals surface area contributed by atoms with Gasteiger partial charge < -0.3 is 10.6 Å². The third-order valence-electron chi connectivity index (χ3n) is 3.52. The van der Waals surface area contributed by atoms with Gasteiger partial charge in [0.2, 0.25) is 5.91 Å². The Morgan fingerprint density at radius 1 is 1.12 bits per heavy atom. The van der Waals surface area contributed by atoms with E-state index in [1.807, 2.05) is 43.3 Å². The Morgan fingerprint density at radius 2 is 1.80 bits per heavy atom. The highest BCUT2D eigenvalue weighted by atomic mass is 127. The molecule has 0 aliphatic rings. The summed E-state index contributed by atoms with van der Waals surface area (Å²) < 4.78 is 1.02. The molecular weight excluding hydrogens is 449 g/mol. The molecular formula is C18H18IN3O2S. The van der Waals surface area contributed by atoms with Crippen molar-refractivity contribution >= 4 is 57.4 Å². The highest BCUT2D eigenvalue weighted by Gasteiger charge is 2.09. The molecule has 0 aliphatic carbocycles. The number of hydrogen-bond acceptors (Lipinski definition) is 3. The van der Waals surface area contributed by atoms with Gasteiger partial charge in [-0.1, -0.05) is 18.2 Å². The van der Waals surface area contributed by atoms with Gasteiger partial charge in [0.15, 0.2) is 5.11 Å². The van der Waals surface area contributed by atoms with Crippen LogP contribution in [0.1, 0.15) is 21.5 Å². The number of anilines is 1. The number of rotatable bonds is 4. The van der Waals surface area contributed by atoms with E-state index in [4.69, 9.17) is 12.2 Å². The SMILES string of the molecule is CNC(=O)Cc1ccc(NC(=S)NC(=O)c2ccc(C)c(I)c2)cc1. The van der Waals surface area contributed by atoms with Crippen LogP contribution in [0, 0.1) is 10.5 Å². The second-order valence-electron chi connectivity index (χ2n) is 5.42. The standard InChI is InChI=1S/C18H18IN3O2S/c1-11-3-6-13(10-15(11)19)17(24)22-18(25)21-14-7-4-12(5-8-14)9-16(23)20-2/h3-8,10H,9H2,1-2H3,(H,20,23)(H2,21,22,24,25). The summed E-state index contributed by atoms with van der Waals surface area (Å²) in [7, 11) is 1.61. The minimum atomic E-state index is -0.258. The maximum atomic E-state index is 12.2. The molecule has 2 aromatic rings. The summed E-state index contributed by atoms with van der Waals surface area (Å²) in [6.07, 6.45) is 0.323. The number of nitrogens with one attached hydrogen (secondary N) is 3. The Kier molecular flexibility index (Phi) is 6.89. The molecule has 0 radical (unpaired) electrons. The van der Waals surface area contributed by atoms with Crippen LogP contribution in [0.3, 0.4) is 0 Å². The molecule has 2 rings (SSSR count). The zero-order valence-corrected chi connectivity index (χ0v) is 16.8. The molecule has 25 heavy (non-hydrogen) atoms. The van der Waals surface area contributed by atoms with E-state index in [0.29, 0.717) is 12.0 Å². The minimum absolute atomic E-state index is 0.0452. The lowest BCUT2D eigenvalue weighted by Gasteiger charge is -2.11. The predicted molar refractivity (Wildman–Crippen MR) is 112 cm³/mol. The normalized spacial score (nSPS) is 10.0. The third-order valence-corrected chi connectivity index (χ3v) is 4.88. The van der Waals surface area contributed by atoms with Gasteiger partial charge in [-0.3, -0.25) is 14.9 Å². The van der Waals surface area contributed by atoms with Crippen LogP contribution < -0.4 is 16.0 Å². The number of carbonyl (C=O) groups excluding carboxylic acids is 2. The Bertz CT molecular complexity index is 806. The topological polar surface area (TPSA) is 70.2 Å². The minimum Gasteiger partial charge on any atom is -0.359 e. The van der Waals surface area contributed by atoms with Crippen molar-refractivity contribution in [3.8, 4) is 0 Å². The number of carbonyl (C=O) groups is 2. The maximum Gasteiger partial charge on any atom is 0.257 e. The molecule has 2 amide bonds. The Labute approximate surface area is 165 Å². The van der Waals surface area contributed by atoms with E-state index in [9.17, 15) is 9.59 Å². The van der Waals surface area contributed by atoms with Gasteiger partial charge in [-0.15, -0.1) is 0 Å². The molecule has 0 spiro atoms. The predicted octanol–water partition coefficient (Wildman–Crippen LogP) is 3.01. The smallest absolute Gasteiger partial charge is 0.257 e. The summed E-state index contributed by atoms with van der Waals surface area (Å²) in [6.45, 7) is 1.99. The number of aryl methyl sites for hydroxylation is 1. The number of amides is 2. The van der Waals surface area contributed by atoms with Crippen molar-refractivity contribution < 1.29 is 9.59 Å². The van der Waals surface area contributed by atoms with Crippen molar-refractivity contribution in [2.45, 2.75) is 13.3 Å². The van der Waals surface area contributed by atoms with Crippen LogP contribution in [0.4, 0.5) is 5.69 Å². The Hall–Kier alpha value is -2.00. The van der Waals surface area contributed by atoms with Crippen LogP contribution in [0.15, 0.2) is 42.5 Å². The Morgan fingerprint density at radius 3 is 2.40 bits per heavy atom. The summed E-state index contributed by atoms with van der Waals surface area (Å²) in [5.74, 6) is -0.303. The first-order valence-corrected chi connectivity index (χ1v) is 9.05. The average molecular weight is 467 g/mol. The molecule has 0 atom stereocenters. The summed E-state index contributed by atoms with van der Waals surface area (Å²) in [5, 5.41) is 8.42. The first-order chi connectivity index (χ1) is 11.9. The van der Waals surface area contributed by atoms with Gasteiger partial charge in [0.05, 0.1) is 6.42 Å². The average Bonchev–Trinajstić information content (AvgIpc) is 2.58. The first-order valence-electron chi connectivity index (χ1n) is 7.57. The number of hydrogen-bond donors (Lipinski definition) is 3. The van der Waals surface area contributed by atoms with Crippen molar-refractivity contribution in [3.63, 3.8) is 0 Å². The third kappa shape index (κ3) is 5.79. The molecule has 0 bridgehead atoms. The zero-order valence-electron chi connectivity index (χ0n) is 13.9. The largest absolute Gasteiger partial charge is 0.359 e. The molecule has 2 aromatic carbocycles. The van der Waals surface area contributed by atoms with Crippen LogP contribution in [0.5, 0.6) is 0 Å². The second-order valence-corrected chi connectivity index (χ2v) is 6.99. The fourth-order valence-corrected chi connectivity index (χ4v) is 2.78. The van der Waals surface area contributed by atoms with Gasteiger partial charge >= 0.3 is 0 Å². The van der Waals surface area contributed by atoms with Crippen molar-refractivity contribution in [3.05, 3.63) is 62.7 Å². The summed E-state index contributed by atoms with van der Waals surface area (Å²) in [5.41, 5.74) is 3.31. The van der Waals surface area contributed by atoms with Gasteiger partial charge in [0, 0.05) is 21.9 Å². The monoisotopic (exact) mass is 467 g/mol. The van der Waals surface area contributed by atoms with Crippen molar-refractivity contribution in [2.24, 2.45) is 0 Å². The van der Waals surface area contributed by atoms with Crippen molar-refractivity contribution in [1.82, 2.24) is 10.6 Å². The van der Waals surface area contributed by atoms with Gasteiger partial charge in [-0.05, 0) is 77.1 Å². The Balaban J connectivity index is 1.94. The summed E-state index contributed by atoms with van der Waals surface area (Å²) >= 11 is 7.38. The quantitative estimate of drug-likeness (QED) is 0.478. The van der Waals surface area contributed by atoms with E-state index in [-0.39, 0.29) is 16.9 Å². The molecule has 0 aliphatic heterocycles. The van der Waals surface area contributed by atoms with Crippen molar-refractivity contribution in [1.29, 1.82) is 0 Å². The van der Waals surface area contributed by atoms with Gasteiger partial charge in [-0.2, -0.15) is 0 Å². The van der Waals surface area contributed by atoms with Crippen molar-refractivity contribution in [2.75, 3.05) is 12.4 Å². The van der Waals surface area contributed by atoms with Crippen LogP contribution in [0.2, 0.25) is 0 Å². The van der Waals surface area contributed by atoms with Crippen LogP contribution in [0.25, 0.3) is 0 Å². The lowest BCUT2D eigenvalue weighted by molar-refractivity contribution is -0.119.